The molecule has 0 amide bonds. The quantitative estimate of drug-likeness (QED) is 0.208. The third kappa shape index (κ3) is 28.5. The molecular weight excluding hydrogens is 362 g/mol. The molecule has 28 heavy (non-hydrogen) atoms. The van der Waals surface area contributed by atoms with Crippen molar-refractivity contribution >= 4 is 0 Å². The lowest BCUT2D eigenvalue weighted by molar-refractivity contribution is -0.655. The maximum absolute atomic E-state index is 2.54. The van der Waals surface area contributed by atoms with Gasteiger partial charge in [0, 0.05) is 0 Å². The second kappa shape index (κ2) is 29.5. The van der Waals surface area contributed by atoms with E-state index < -0.39 is 0 Å². The van der Waals surface area contributed by atoms with Crippen molar-refractivity contribution in [3.05, 3.63) is 0 Å². The summed E-state index contributed by atoms with van der Waals surface area (Å²) in [6.45, 7) is 7.32. The van der Waals surface area contributed by atoms with Crippen molar-refractivity contribution in [1.29, 1.82) is 0 Å². The van der Waals surface area contributed by atoms with Crippen LogP contribution in [0.5, 0.6) is 0 Å². The number of unbranched alkanes of at least 4 members (excludes halogenated alkanes) is 20. The number of hydrogen-bond acceptors (Lipinski definition) is 0. The highest BCUT2D eigenvalue weighted by molar-refractivity contribution is 4.50. The molecule has 0 radical (unpaired) electrons. The largest absolute Gasteiger partial charge is 1.00 e. The first-order valence-electron chi connectivity index (χ1n) is 13.2. The SMILES string of the molecule is CCCCCCCCCCCCCCCCCCCC[NH2+]CCCCCC.[Cl-]. The average Bonchev–Trinajstić information content (AvgIpc) is 2.68. The molecule has 1 nitrogen and oxygen atoms in total. The van der Waals surface area contributed by atoms with E-state index in [0.717, 1.165) is 0 Å². The molecule has 2 N–H and O–H groups in total. The molecule has 0 rings (SSSR count). The predicted molar refractivity (Wildman–Crippen MR) is 125 cm³/mol. The van der Waals surface area contributed by atoms with Gasteiger partial charge in [-0.05, 0) is 25.7 Å². The van der Waals surface area contributed by atoms with Crippen LogP contribution in [-0.4, -0.2) is 13.1 Å². The molecule has 0 saturated heterocycles. The number of rotatable bonds is 24. The van der Waals surface area contributed by atoms with Crippen molar-refractivity contribution in [1.82, 2.24) is 0 Å². The van der Waals surface area contributed by atoms with Crippen LogP contribution in [0.25, 0.3) is 0 Å². The van der Waals surface area contributed by atoms with Crippen LogP contribution in [0.3, 0.4) is 0 Å². The van der Waals surface area contributed by atoms with E-state index >= 15 is 0 Å². The van der Waals surface area contributed by atoms with Crippen LogP contribution in [0.1, 0.15) is 155 Å². The monoisotopic (exact) mass is 417 g/mol. The Morgan fingerprint density at radius 1 is 0.321 bits per heavy atom. The van der Waals surface area contributed by atoms with E-state index in [0.29, 0.717) is 0 Å². The number of hydrogen-bond donors (Lipinski definition) is 1. The Balaban J connectivity index is 0. The van der Waals surface area contributed by atoms with Gasteiger partial charge in [-0.25, -0.2) is 0 Å². The minimum Gasteiger partial charge on any atom is -1.00 e. The zero-order chi connectivity index (χ0) is 19.7. The summed E-state index contributed by atoms with van der Waals surface area (Å²) in [7, 11) is 0. The van der Waals surface area contributed by atoms with Gasteiger partial charge in [0.25, 0.3) is 0 Å². The van der Waals surface area contributed by atoms with Crippen LogP contribution in [0.2, 0.25) is 0 Å². The minimum absolute atomic E-state index is 0. The molecule has 172 valence electrons. The maximum atomic E-state index is 2.54. The first kappa shape index (κ1) is 30.4. The van der Waals surface area contributed by atoms with Gasteiger partial charge >= 0.3 is 0 Å². The van der Waals surface area contributed by atoms with E-state index in [9.17, 15) is 0 Å². The Labute approximate surface area is 186 Å². The fourth-order valence-corrected chi connectivity index (χ4v) is 4.05. The minimum atomic E-state index is 0. The number of nitrogens with two attached hydrogens (primary N) is 1. The van der Waals surface area contributed by atoms with Crippen molar-refractivity contribution in [2.75, 3.05) is 13.1 Å². The fraction of sp³-hybridized carbons (Fsp3) is 1.00. The summed E-state index contributed by atoms with van der Waals surface area (Å²) in [5.74, 6) is 0. The average molecular weight is 418 g/mol. The maximum Gasteiger partial charge on any atom is 0.0755 e. The Hall–Kier alpha value is 0.250. The van der Waals surface area contributed by atoms with Crippen LogP contribution in [0.15, 0.2) is 0 Å². The van der Waals surface area contributed by atoms with E-state index in [4.69, 9.17) is 0 Å². The van der Waals surface area contributed by atoms with Gasteiger partial charge in [0.05, 0.1) is 13.1 Å². The lowest BCUT2D eigenvalue weighted by Gasteiger charge is -2.04. The molecule has 0 aliphatic rings. The first-order valence-corrected chi connectivity index (χ1v) is 13.2. The summed E-state index contributed by atoms with van der Waals surface area (Å²) in [6.07, 6.45) is 32.1. The summed E-state index contributed by atoms with van der Waals surface area (Å²) in [5.41, 5.74) is 0. The van der Waals surface area contributed by atoms with Crippen molar-refractivity contribution in [3.8, 4) is 0 Å². The van der Waals surface area contributed by atoms with Crippen LogP contribution < -0.4 is 17.7 Å². The Kier molecular flexibility index (Phi) is 32.0. The molecule has 0 aliphatic heterocycles. The number of quaternary nitrogens is 1. The van der Waals surface area contributed by atoms with E-state index in [1.807, 2.05) is 0 Å². The molecule has 0 fully saturated rings. The van der Waals surface area contributed by atoms with Gasteiger partial charge in [-0.2, -0.15) is 0 Å². The summed E-state index contributed by atoms with van der Waals surface area (Å²) in [6, 6.07) is 0. The smallest absolute Gasteiger partial charge is 0.0755 e. The third-order valence-corrected chi connectivity index (χ3v) is 6.02. The van der Waals surface area contributed by atoms with Crippen molar-refractivity contribution < 1.29 is 17.7 Å². The normalized spacial score (nSPS) is 10.9. The molecule has 2 heteroatoms. The summed E-state index contributed by atoms with van der Waals surface area (Å²) < 4.78 is 0. The number of halogens is 1. The van der Waals surface area contributed by atoms with E-state index in [1.54, 1.807) is 0 Å². The van der Waals surface area contributed by atoms with Gasteiger partial charge in [0.15, 0.2) is 0 Å². The predicted octanol–water partition coefficient (Wildman–Crippen LogP) is 5.18. The third-order valence-electron chi connectivity index (χ3n) is 6.02. The van der Waals surface area contributed by atoms with Gasteiger partial charge in [-0.1, -0.05) is 129 Å². The second-order valence-electron chi connectivity index (χ2n) is 8.94. The second-order valence-corrected chi connectivity index (χ2v) is 8.94. The highest BCUT2D eigenvalue weighted by atomic mass is 35.5. The van der Waals surface area contributed by atoms with Gasteiger partial charge in [-0.3, -0.25) is 0 Å². The molecule has 0 unspecified atom stereocenters. The van der Waals surface area contributed by atoms with Crippen LogP contribution in [-0.2, 0) is 0 Å². The van der Waals surface area contributed by atoms with Gasteiger partial charge in [0.1, 0.15) is 0 Å². The first-order chi connectivity index (χ1) is 13.4. The van der Waals surface area contributed by atoms with Gasteiger partial charge in [0.2, 0.25) is 0 Å². The van der Waals surface area contributed by atoms with Crippen LogP contribution in [0.4, 0.5) is 0 Å². The zero-order valence-corrected chi connectivity index (χ0v) is 20.7. The molecule has 0 atom stereocenters. The van der Waals surface area contributed by atoms with Crippen LogP contribution >= 0.6 is 0 Å². The van der Waals surface area contributed by atoms with E-state index in [1.165, 1.54) is 154 Å². The molecule has 0 aliphatic carbocycles. The van der Waals surface area contributed by atoms with Gasteiger partial charge in [-0.15, -0.1) is 0 Å². The van der Waals surface area contributed by atoms with E-state index in [-0.39, 0.29) is 12.4 Å². The molecular formula is C26H56ClN. The Morgan fingerprint density at radius 2 is 0.536 bits per heavy atom. The highest BCUT2D eigenvalue weighted by Crippen LogP contribution is 2.14. The summed E-state index contributed by atoms with van der Waals surface area (Å²) >= 11 is 0. The van der Waals surface area contributed by atoms with Crippen molar-refractivity contribution in [2.45, 2.75) is 155 Å². The Morgan fingerprint density at radius 3 is 0.821 bits per heavy atom. The summed E-state index contributed by atoms with van der Waals surface area (Å²) in [4.78, 5) is 0. The fourth-order valence-electron chi connectivity index (χ4n) is 4.05. The van der Waals surface area contributed by atoms with Crippen LogP contribution in [0, 0.1) is 0 Å². The molecule has 0 aromatic rings. The summed E-state index contributed by atoms with van der Waals surface area (Å²) in [5, 5.41) is 2.54. The molecule has 0 bridgehead atoms. The zero-order valence-electron chi connectivity index (χ0n) is 19.9. The van der Waals surface area contributed by atoms with Crippen molar-refractivity contribution in [2.24, 2.45) is 0 Å². The Bertz CT molecular complexity index is 221. The van der Waals surface area contributed by atoms with Gasteiger partial charge < -0.3 is 17.7 Å². The lowest BCUT2D eigenvalue weighted by Crippen LogP contribution is -3.00. The molecule has 0 saturated carbocycles. The molecule has 0 aromatic heterocycles. The molecule has 0 heterocycles. The standard InChI is InChI=1S/C26H55N.ClH/c1-3-5-7-9-10-11-12-13-14-15-16-17-18-19-20-21-22-24-26-27-25-23-8-6-4-2;/h27H,3-26H2,1-2H3;1H. The molecule has 0 spiro atoms. The lowest BCUT2D eigenvalue weighted by atomic mass is 10.0. The highest BCUT2D eigenvalue weighted by Gasteiger charge is 1.96. The topological polar surface area (TPSA) is 16.6 Å². The molecule has 0 aromatic carbocycles. The van der Waals surface area contributed by atoms with Crippen molar-refractivity contribution in [3.63, 3.8) is 0 Å². The van der Waals surface area contributed by atoms with E-state index in [2.05, 4.69) is 19.2 Å².